The summed E-state index contributed by atoms with van der Waals surface area (Å²) >= 11 is 0. The van der Waals surface area contributed by atoms with Gasteiger partial charge in [-0.1, -0.05) is 13.8 Å². The van der Waals surface area contributed by atoms with Gasteiger partial charge < -0.3 is 19.7 Å². The number of aliphatic hydroxyl groups is 1. The standard InChI is InChI=1S/C14H20O5/c1-8(9(2)14(16)17)13(15)11-7-10(18-3)5-6-12(11)19-4/h5-9,13,15H,1-4H3,(H,16,17). The molecule has 1 aromatic rings. The summed E-state index contributed by atoms with van der Waals surface area (Å²) in [4.78, 5) is 11.0. The van der Waals surface area contributed by atoms with Crippen LogP contribution in [0, 0.1) is 11.8 Å². The number of aliphatic hydroxyl groups excluding tert-OH is 1. The number of carboxylic acid groups (broad SMARTS) is 1. The maximum atomic E-state index is 11.0. The Hall–Kier alpha value is -1.75. The first-order valence-electron chi connectivity index (χ1n) is 6.05. The molecule has 0 amide bonds. The summed E-state index contributed by atoms with van der Waals surface area (Å²) in [5.74, 6) is -0.944. The van der Waals surface area contributed by atoms with Crippen LogP contribution in [0.4, 0.5) is 0 Å². The molecule has 19 heavy (non-hydrogen) atoms. The van der Waals surface area contributed by atoms with Gasteiger partial charge >= 0.3 is 5.97 Å². The summed E-state index contributed by atoms with van der Waals surface area (Å²) in [6.07, 6.45) is -0.934. The lowest BCUT2D eigenvalue weighted by molar-refractivity contribution is -0.144. The number of hydrogen-bond donors (Lipinski definition) is 2. The highest BCUT2D eigenvalue weighted by Crippen LogP contribution is 2.35. The van der Waals surface area contributed by atoms with Crippen molar-refractivity contribution in [2.45, 2.75) is 20.0 Å². The molecule has 3 unspecified atom stereocenters. The molecular formula is C14H20O5. The largest absolute Gasteiger partial charge is 0.497 e. The predicted molar refractivity (Wildman–Crippen MR) is 70.5 cm³/mol. The molecule has 0 radical (unpaired) electrons. The number of aliphatic carboxylic acids is 1. The van der Waals surface area contributed by atoms with E-state index in [0.717, 1.165) is 0 Å². The van der Waals surface area contributed by atoms with Crippen molar-refractivity contribution in [3.05, 3.63) is 23.8 Å². The average molecular weight is 268 g/mol. The lowest BCUT2D eigenvalue weighted by atomic mass is 9.86. The molecule has 106 valence electrons. The molecule has 0 saturated heterocycles. The van der Waals surface area contributed by atoms with E-state index in [9.17, 15) is 9.90 Å². The Labute approximate surface area is 112 Å². The lowest BCUT2D eigenvalue weighted by Crippen LogP contribution is -2.24. The second-order valence-corrected chi connectivity index (χ2v) is 4.54. The van der Waals surface area contributed by atoms with Gasteiger partial charge in [0, 0.05) is 5.56 Å². The van der Waals surface area contributed by atoms with Gasteiger partial charge in [-0.15, -0.1) is 0 Å². The van der Waals surface area contributed by atoms with E-state index in [1.54, 1.807) is 32.0 Å². The van der Waals surface area contributed by atoms with Crippen molar-refractivity contribution in [1.29, 1.82) is 0 Å². The first-order chi connectivity index (χ1) is 8.92. The lowest BCUT2D eigenvalue weighted by Gasteiger charge is -2.24. The maximum absolute atomic E-state index is 11.0. The van der Waals surface area contributed by atoms with E-state index in [1.165, 1.54) is 14.2 Å². The highest BCUT2D eigenvalue weighted by Gasteiger charge is 2.29. The van der Waals surface area contributed by atoms with Crippen LogP contribution in [0.5, 0.6) is 11.5 Å². The van der Waals surface area contributed by atoms with Gasteiger partial charge in [0.25, 0.3) is 0 Å². The van der Waals surface area contributed by atoms with Crippen LogP contribution in [0.2, 0.25) is 0 Å². The third kappa shape index (κ3) is 3.38. The van der Waals surface area contributed by atoms with Crippen molar-refractivity contribution < 1.29 is 24.5 Å². The summed E-state index contributed by atoms with van der Waals surface area (Å²) in [6, 6.07) is 5.07. The number of carbonyl (C=O) groups is 1. The SMILES string of the molecule is COc1ccc(OC)c(C(O)C(C)C(C)C(=O)O)c1. The minimum atomic E-state index is -0.937. The fraction of sp³-hybridized carbons (Fsp3) is 0.500. The predicted octanol–water partition coefficient (Wildman–Crippen LogP) is 2.09. The fourth-order valence-corrected chi connectivity index (χ4v) is 1.85. The summed E-state index contributed by atoms with van der Waals surface area (Å²) in [5, 5.41) is 19.3. The molecule has 0 fully saturated rings. The molecule has 0 aliphatic rings. The van der Waals surface area contributed by atoms with Crippen LogP contribution in [0.1, 0.15) is 25.5 Å². The Bertz CT molecular complexity index is 443. The smallest absolute Gasteiger partial charge is 0.306 e. The van der Waals surface area contributed by atoms with E-state index in [1.807, 2.05) is 0 Å². The summed E-state index contributed by atoms with van der Waals surface area (Å²) in [6.45, 7) is 3.27. The molecule has 1 rings (SSSR count). The van der Waals surface area contributed by atoms with Crippen LogP contribution < -0.4 is 9.47 Å². The molecule has 0 saturated carbocycles. The third-order valence-corrected chi connectivity index (χ3v) is 3.43. The Kier molecular flexibility index (Phi) is 5.18. The molecule has 0 aromatic heterocycles. The first-order valence-corrected chi connectivity index (χ1v) is 6.05. The number of methoxy groups -OCH3 is 2. The van der Waals surface area contributed by atoms with Gasteiger partial charge in [-0.05, 0) is 24.1 Å². The molecule has 5 nitrogen and oxygen atoms in total. The van der Waals surface area contributed by atoms with Crippen LogP contribution in [-0.4, -0.2) is 30.4 Å². The minimum absolute atomic E-state index is 0.446. The molecule has 2 N–H and O–H groups in total. The fourth-order valence-electron chi connectivity index (χ4n) is 1.85. The van der Waals surface area contributed by atoms with Gasteiger partial charge in [-0.25, -0.2) is 0 Å². The van der Waals surface area contributed by atoms with Gasteiger partial charge in [0.15, 0.2) is 0 Å². The Balaban J connectivity index is 3.09. The van der Waals surface area contributed by atoms with E-state index >= 15 is 0 Å². The number of benzene rings is 1. The number of rotatable bonds is 6. The highest BCUT2D eigenvalue weighted by molar-refractivity contribution is 5.70. The van der Waals surface area contributed by atoms with Gasteiger partial charge in [-0.2, -0.15) is 0 Å². The molecule has 3 atom stereocenters. The van der Waals surface area contributed by atoms with Crippen LogP contribution >= 0.6 is 0 Å². The van der Waals surface area contributed by atoms with Gasteiger partial charge in [-0.3, -0.25) is 4.79 Å². The third-order valence-electron chi connectivity index (χ3n) is 3.43. The zero-order valence-electron chi connectivity index (χ0n) is 11.6. The molecular weight excluding hydrogens is 248 g/mol. The maximum Gasteiger partial charge on any atom is 0.306 e. The van der Waals surface area contributed by atoms with Gasteiger partial charge in [0.05, 0.1) is 26.2 Å². The van der Waals surface area contributed by atoms with Crippen molar-refractivity contribution >= 4 is 5.97 Å². The number of hydrogen-bond acceptors (Lipinski definition) is 4. The topological polar surface area (TPSA) is 76.0 Å². The van der Waals surface area contributed by atoms with Crippen molar-refractivity contribution in [3.63, 3.8) is 0 Å². The number of carboxylic acids is 1. The van der Waals surface area contributed by atoms with Crippen LogP contribution in [0.3, 0.4) is 0 Å². The molecule has 0 aliphatic heterocycles. The van der Waals surface area contributed by atoms with E-state index in [0.29, 0.717) is 17.1 Å². The second kappa shape index (κ2) is 6.43. The van der Waals surface area contributed by atoms with Crippen LogP contribution in [-0.2, 0) is 4.79 Å². The summed E-state index contributed by atoms with van der Waals surface area (Å²) in [5.41, 5.74) is 0.530. The molecule has 5 heteroatoms. The van der Waals surface area contributed by atoms with Crippen molar-refractivity contribution in [2.24, 2.45) is 11.8 Å². The molecule has 0 spiro atoms. The minimum Gasteiger partial charge on any atom is -0.497 e. The molecule has 0 aliphatic carbocycles. The Morgan fingerprint density at radius 2 is 1.84 bits per heavy atom. The Morgan fingerprint density at radius 1 is 1.21 bits per heavy atom. The number of ether oxygens (including phenoxy) is 2. The van der Waals surface area contributed by atoms with E-state index in [2.05, 4.69) is 0 Å². The van der Waals surface area contributed by atoms with Gasteiger partial charge in [0.2, 0.25) is 0 Å². The highest BCUT2D eigenvalue weighted by atomic mass is 16.5. The van der Waals surface area contributed by atoms with Crippen molar-refractivity contribution in [3.8, 4) is 11.5 Å². The van der Waals surface area contributed by atoms with E-state index in [-0.39, 0.29) is 0 Å². The van der Waals surface area contributed by atoms with E-state index < -0.39 is 23.9 Å². The quantitative estimate of drug-likeness (QED) is 0.826. The summed E-state index contributed by atoms with van der Waals surface area (Å²) < 4.78 is 10.3. The van der Waals surface area contributed by atoms with Crippen LogP contribution in [0.15, 0.2) is 18.2 Å². The van der Waals surface area contributed by atoms with Crippen molar-refractivity contribution in [1.82, 2.24) is 0 Å². The monoisotopic (exact) mass is 268 g/mol. The average Bonchev–Trinajstić information content (AvgIpc) is 2.43. The molecule has 0 bridgehead atoms. The zero-order chi connectivity index (χ0) is 14.6. The zero-order valence-corrected chi connectivity index (χ0v) is 11.6. The van der Waals surface area contributed by atoms with Crippen molar-refractivity contribution in [2.75, 3.05) is 14.2 Å². The van der Waals surface area contributed by atoms with Crippen LogP contribution in [0.25, 0.3) is 0 Å². The Morgan fingerprint density at radius 3 is 2.32 bits per heavy atom. The van der Waals surface area contributed by atoms with E-state index in [4.69, 9.17) is 14.6 Å². The molecule has 1 aromatic carbocycles. The van der Waals surface area contributed by atoms with Gasteiger partial charge in [0.1, 0.15) is 11.5 Å². The summed E-state index contributed by atoms with van der Waals surface area (Å²) in [7, 11) is 3.03. The molecule has 0 heterocycles. The second-order valence-electron chi connectivity index (χ2n) is 4.54. The first kappa shape index (κ1) is 15.3. The normalized spacial score (nSPS) is 15.4.